The van der Waals surface area contributed by atoms with Gasteiger partial charge in [-0.1, -0.05) is 12.1 Å². The third kappa shape index (κ3) is 3.51. The molecule has 1 unspecified atom stereocenters. The van der Waals surface area contributed by atoms with Gasteiger partial charge in [-0.25, -0.2) is 13.4 Å². The van der Waals surface area contributed by atoms with E-state index in [1.807, 2.05) is 36.2 Å². The molecule has 0 bridgehead atoms. The highest BCUT2D eigenvalue weighted by molar-refractivity contribution is 7.92. The molecule has 2 aromatic carbocycles. The summed E-state index contributed by atoms with van der Waals surface area (Å²) in [7, 11) is -1.36. The van der Waals surface area contributed by atoms with Gasteiger partial charge in [0.15, 0.2) is 9.84 Å². The minimum atomic E-state index is -3.36. The molecule has 1 aliphatic heterocycles. The molecule has 1 aromatic heterocycles. The summed E-state index contributed by atoms with van der Waals surface area (Å²) in [5, 5.41) is -0.497. The van der Waals surface area contributed by atoms with Gasteiger partial charge in [-0.3, -0.25) is 4.79 Å². The number of fused-ring (bicyclic) bond motifs is 1. The highest BCUT2D eigenvalue weighted by atomic mass is 32.2. The fourth-order valence-corrected chi connectivity index (χ4v) is 5.19. The van der Waals surface area contributed by atoms with Crippen molar-refractivity contribution in [3.05, 3.63) is 59.9 Å². The molecule has 1 fully saturated rings. The lowest BCUT2D eigenvalue weighted by Crippen LogP contribution is -2.39. The SMILES string of the molecule is CC(C)S(=O)(=O)c1ccc(C(=O)N2CCCCC2c2nc3ccccc3n2C)cc1. The predicted molar refractivity (Wildman–Crippen MR) is 117 cm³/mol. The van der Waals surface area contributed by atoms with Crippen LogP contribution < -0.4 is 0 Å². The van der Waals surface area contributed by atoms with E-state index in [0.717, 1.165) is 36.1 Å². The van der Waals surface area contributed by atoms with Gasteiger partial charge in [0.2, 0.25) is 0 Å². The summed E-state index contributed by atoms with van der Waals surface area (Å²) in [5.74, 6) is 0.809. The molecule has 2 heterocycles. The van der Waals surface area contributed by atoms with Crippen LogP contribution in [0.2, 0.25) is 0 Å². The minimum absolute atomic E-state index is 0.0831. The van der Waals surface area contributed by atoms with Crippen molar-refractivity contribution in [3.8, 4) is 0 Å². The second kappa shape index (κ2) is 7.87. The number of likely N-dealkylation sites (tertiary alicyclic amines) is 1. The Kier molecular flexibility index (Phi) is 5.40. The highest BCUT2D eigenvalue weighted by Gasteiger charge is 2.32. The van der Waals surface area contributed by atoms with Crippen LogP contribution in [0, 0.1) is 0 Å². The van der Waals surface area contributed by atoms with E-state index in [4.69, 9.17) is 4.98 Å². The number of aryl methyl sites for hydroxylation is 1. The summed E-state index contributed by atoms with van der Waals surface area (Å²) >= 11 is 0. The first-order valence-electron chi connectivity index (χ1n) is 10.4. The molecule has 30 heavy (non-hydrogen) atoms. The summed E-state index contributed by atoms with van der Waals surface area (Å²) in [4.78, 5) is 20.3. The van der Waals surface area contributed by atoms with Gasteiger partial charge >= 0.3 is 0 Å². The Labute approximate surface area is 177 Å². The van der Waals surface area contributed by atoms with E-state index >= 15 is 0 Å². The first kappa shape index (κ1) is 20.6. The molecule has 0 spiro atoms. The van der Waals surface area contributed by atoms with Crippen molar-refractivity contribution in [1.29, 1.82) is 0 Å². The number of hydrogen-bond donors (Lipinski definition) is 0. The Morgan fingerprint density at radius 2 is 1.77 bits per heavy atom. The number of carbonyl (C=O) groups is 1. The van der Waals surface area contributed by atoms with Crippen LogP contribution in [-0.2, 0) is 16.9 Å². The molecule has 1 atom stereocenters. The average molecular weight is 426 g/mol. The van der Waals surface area contributed by atoms with Gasteiger partial charge in [-0.05, 0) is 69.5 Å². The van der Waals surface area contributed by atoms with Gasteiger partial charge in [-0.2, -0.15) is 0 Å². The molecule has 0 N–H and O–H groups in total. The fraction of sp³-hybridized carbons (Fsp3) is 0.391. The van der Waals surface area contributed by atoms with E-state index in [9.17, 15) is 13.2 Å². The summed E-state index contributed by atoms with van der Waals surface area (Å²) < 4.78 is 26.8. The molecule has 0 aliphatic carbocycles. The highest BCUT2D eigenvalue weighted by Crippen LogP contribution is 2.33. The number of para-hydroxylation sites is 2. The van der Waals surface area contributed by atoms with Crippen molar-refractivity contribution >= 4 is 26.8 Å². The number of benzene rings is 2. The second-order valence-electron chi connectivity index (χ2n) is 8.15. The maximum absolute atomic E-state index is 13.3. The second-order valence-corrected chi connectivity index (χ2v) is 10.7. The summed E-state index contributed by atoms with van der Waals surface area (Å²) in [6.07, 6.45) is 2.86. The number of sulfone groups is 1. The van der Waals surface area contributed by atoms with Crippen LogP contribution in [0.1, 0.15) is 55.3 Å². The number of carbonyl (C=O) groups excluding carboxylic acids is 1. The Hall–Kier alpha value is -2.67. The van der Waals surface area contributed by atoms with Crippen LogP contribution in [0.3, 0.4) is 0 Å². The van der Waals surface area contributed by atoms with Crippen LogP contribution in [0.4, 0.5) is 0 Å². The Morgan fingerprint density at radius 3 is 2.43 bits per heavy atom. The van der Waals surface area contributed by atoms with Crippen LogP contribution in [0.15, 0.2) is 53.4 Å². The zero-order chi connectivity index (χ0) is 21.5. The molecule has 6 nitrogen and oxygen atoms in total. The quantitative estimate of drug-likeness (QED) is 0.630. The molecular formula is C23H27N3O3S. The molecular weight excluding hydrogens is 398 g/mol. The number of piperidine rings is 1. The van der Waals surface area contributed by atoms with Gasteiger partial charge in [0.05, 0.1) is 27.2 Å². The number of aromatic nitrogens is 2. The molecule has 3 aromatic rings. The maximum atomic E-state index is 13.3. The van der Waals surface area contributed by atoms with Crippen molar-refractivity contribution in [3.63, 3.8) is 0 Å². The Bertz CT molecular complexity index is 1180. The van der Waals surface area contributed by atoms with Crippen molar-refractivity contribution in [2.24, 2.45) is 7.05 Å². The van der Waals surface area contributed by atoms with Crippen molar-refractivity contribution in [2.45, 2.75) is 49.3 Å². The lowest BCUT2D eigenvalue weighted by molar-refractivity contribution is 0.0597. The van der Waals surface area contributed by atoms with Crippen molar-refractivity contribution in [2.75, 3.05) is 6.54 Å². The van der Waals surface area contributed by atoms with Crippen molar-refractivity contribution in [1.82, 2.24) is 14.5 Å². The number of amides is 1. The smallest absolute Gasteiger partial charge is 0.254 e. The maximum Gasteiger partial charge on any atom is 0.254 e. The van der Waals surface area contributed by atoms with Gasteiger partial charge in [0.25, 0.3) is 5.91 Å². The van der Waals surface area contributed by atoms with Gasteiger partial charge in [0.1, 0.15) is 5.82 Å². The van der Waals surface area contributed by atoms with E-state index in [-0.39, 0.29) is 16.8 Å². The largest absolute Gasteiger partial charge is 0.329 e. The first-order chi connectivity index (χ1) is 14.3. The van der Waals surface area contributed by atoms with E-state index in [2.05, 4.69) is 4.57 Å². The predicted octanol–water partition coefficient (Wildman–Crippen LogP) is 4.12. The Morgan fingerprint density at radius 1 is 1.07 bits per heavy atom. The van der Waals surface area contributed by atoms with Gasteiger partial charge in [-0.15, -0.1) is 0 Å². The van der Waals surface area contributed by atoms with E-state index in [0.29, 0.717) is 12.1 Å². The molecule has 1 saturated heterocycles. The molecule has 7 heteroatoms. The lowest BCUT2D eigenvalue weighted by atomic mass is 10.00. The number of rotatable bonds is 4. The third-order valence-corrected chi connectivity index (χ3v) is 8.10. The molecule has 1 aliphatic rings. The standard InChI is InChI=1S/C23H27N3O3S/c1-16(2)30(28,29)18-13-11-17(12-14-18)23(27)26-15-7-6-10-21(26)22-24-19-8-4-5-9-20(19)25(22)3/h4-5,8-9,11-14,16,21H,6-7,10,15H2,1-3H3. The first-order valence-corrected chi connectivity index (χ1v) is 11.9. The van der Waals surface area contributed by atoms with E-state index in [1.165, 1.54) is 12.1 Å². The zero-order valence-corrected chi connectivity index (χ0v) is 18.4. The topological polar surface area (TPSA) is 72.3 Å². The number of hydrogen-bond acceptors (Lipinski definition) is 4. The summed E-state index contributed by atoms with van der Waals surface area (Å²) in [6, 6.07) is 14.2. The Balaban J connectivity index is 1.66. The fourth-order valence-electron chi connectivity index (χ4n) is 4.13. The lowest BCUT2D eigenvalue weighted by Gasteiger charge is -2.35. The normalized spacial score (nSPS) is 17.6. The molecule has 0 saturated carbocycles. The van der Waals surface area contributed by atoms with Crippen LogP contribution >= 0.6 is 0 Å². The van der Waals surface area contributed by atoms with Gasteiger partial charge < -0.3 is 9.47 Å². The molecule has 4 rings (SSSR count). The summed E-state index contributed by atoms with van der Waals surface area (Å²) in [6.45, 7) is 3.98. The summed E-state index contributed by atoms with van der Waals surface area (Å²) in [5.41, 5.74) is 2.48. The van der Waals surface area contributed by atoms with Crippen LogP contribution in [-0.4, -0.2) is 40.6 Å². The van der Waals surface area contributed by atoms with E-state index in [1.54, 1.807) is 26.0 Å². The monoisotopic (exact) mass is 425 g/mol. The van der Waals surface area contributed by atoms with Crippen LogP contribution in [0.25, 0.3) is 11.0 Å². The van der Waals surface area contributed by atoms with Crippen LogP contribution in [0.5, 0.6) is 0 Å². The number of imidazole rings is 1. The molecule has 1 amide bonds. The minimum Gasteiger partial charge on any atom is -0.329 e. The molecule has 0 radical (unpaired) electrons. The van der Waals surface area contributed by atoms with Crippen molar-refractivity contribution < 1.29 is 13.2 Å². The zero-order valence-electron chi connectivity index (χ0n) is 17.6. The number of nitrogens with zero attached hydrogens (tertiary/aromatic N) is 3. The van der Waals surface area contributed by atoms with Gasteiger partial charge in [0, 0.05) is 19.2 Å². The van der Waals surface area contributed by atoms with E-state index < -0.39 is 15.1 Å². The third-order valence-electron chi connectivity index (χ3n) is 5.93. The molecule has 158 valence electrons. The average Bonchev–Trinajstić information content (AvgIpc) is 3.10.